The number of amides is 2. The molecule has 0 saturated carbocycles. The van der Waals surface area contributed by atoms with Crippen molar-refractivity contribution in [2.24, 2.45) is 5.41 Å². The number of hydrogen-bond acceptors (Lipinski definition) is 3. The number of benzene rings is 1. The summed E-state index contributed by atoms with van der Waals surface area (Å²) in [5.74, 6) is -0.130. The van der Waals surface area contributed by atoms with Gasteiger partial charge in [-0.25, -0.2) is 4.39 Å². The molecular formula is C18H17FN2O3. The molecule has 3 heterocycles. The van der Waals surface area contributed by atoms with E-state index in [1.165, 1.54) is 18.4 Å². The standard InChI is InChI=1S/C18H17FN2O3/c19-13-3-1-4-14(11-13)21-12-18(17(21)23)6-8-20(9-7-18)16(22)15-5-2-10-24-15/h1-5,10-11H,6-9,12H2. The fourth-order valence-electron chi connectivity index (χ4n) is 3.56. The van der Waals surface area contributed by atoms with Crippen LogP contribution in [0, 0.1) is 11.2 Å². The number of carbonyl (C=O) groups excluding carboxylic acids is 2. The summed E-state index contributed by atoms with van der Waals surface area (Å²) in [5, 5.41) is 0. The first-order chi connectivity index (χ1) is 11.6. The number of anilines is 1. The molecule has 24 heavy (non-hydrogen) atoms. The predicted molar refractivity (Wildman–Crippen MR) is 85.0 cm³/mol. The van der Waals surface area contributed by atoms with Gasteiger partial charge in [0.2, 0.25) is 5.91 Å². The lowest BCUT2D eigenvalue weighted by molar-refractivity contribution is -0.138. The Morgan fingerprint density at radius 3 is 2.58 bits per heavy atom. The van der Waals surface area contributed by atoms with Crippen LogP contribution in [0.3, 0.4) is 0 Å². The van der Waals surface area contributed by atoms with Crippen LogP contribution in [-0.4, -0.2) is 36.3 Å². The second-order valence-corrected chi connectivity index (χ2v) is 6.42. The molecule has 0 radical (unpaired) electrons. The molecule has 4 rings (SSSR count). The number of hydrogen-bond donors (Lipinski definition) is 0. The Bertz CT molecular complexity index is 779. The van der Waals surface area contributed by atoms with E-state index in [9.17, 15) is 14.0 Å². The van der Waals surface area contributed by atoms with E-state index in [-0.39, 0.29) is 17.6 Å². The van der Waals surface area contributed by atoms with E-state index in [0.717, 1.165) is 0 Å². The van der Waals surface area contributed by atoms with Crippen molar-refractivity contribution in [1.82, 2.24) is 4.90 Å². The molecule has 1 aromatic heterocycles. The fraction of sp³-hybridized carbons (Fsp3) is 0.333. The van der Waals surface area contributed by atoms with Crippen molar-refractivity contribution in [2.75, 3.05) is 24.5 Å². The Balaban J connectivity index is 1.41. The third-order valence-corrected chi connectivity index (χ3v) is 5.02. The van der Waals surface area contributed by atoms with Gasteiger partial charge in [-0.05, 0) is 43.2 Å². The minimum Gasteiger partial charge on any atom is -0.459 e. The first kappa shape index (κ1) is 14.9. The number of likely N-dealkylation sites (tertiary alicyclic amines) is 1. The van der Waals surface area contributed by atoms with Crippen LogP contribution in [-0.2, 0) is 4.79 Å². The molecule has 1 aromatic carbocycles. The summed E-state index contributed by atoms with van der Waals surface area (Å²) in [6, 6.07) is 9.41. The van der Waals surface area contributed by atoms with E-state index in [1.54, 1.807) is 34.1 Å². The van der Waals surface area contributed by atoms with Crippen molar-refractivity contribution in [1.29, 1.82) is 0 Å². The molecule has 2 aliphatic heterocycles. The Morgan fingerprint density at radius 2 is 1.96 bits per heavy atom. The second kappa shape index (κ2) is 5.47. The van der Waals surface area contributed by atoms with Crippen LogP contribution in [0.1, 0.15) is 23.4 Å². The van der Waals surface area contributed by atoms with E-state index in [4.69, 9.17) is 4.42 Å². The van der Waals surface area contributed by atoms with E-state index in [1.807, 2.05) is 0 Å². The maximum atomic E-state index is 13.3. The highest BCUT2D eigenvalue weighted by Crippen LogP contribution is 2.44. The molecule has 5 nitrogen and oxygen atoms in total. The van der Waals surface area contributed by atoms with E-state index < -0.39 is 5.41 Å². The smallest absolute Gasteiger partial charge is 0.289 e. The van der Waals surface area contributed by atoms with Crippen molar-refractivity contribution in [3.63, 3.8) is 0 Å². The number of piperidine rings is 1. The van der Waals surface area contributed by atoms with Crippen molar-refractivity contribution >= 4 is 17.5 Å². The number of nitrogens with zero attached hydrogens (tertiary/aromatic N) is 2. The molecule has 2 saturated heterocycles. The van der Waals surface area contributed by atoms with Crippen LogP contribution in [0.25, 0.3) is 0 Å². The highest BCUT2D eigenvalue weighted by molar-refractivity contribution is 6.04. The van der Waals surface area contributed by atoms with Crippen molar-refractivity contribution in [2.45, 2.75) is 12.8 Å². The molecule has 6 heteroatoms. The van der Waals surface area contributed by atoms with Crippen molar-refractivity contribution in [3.8, 4) is 0 Å². The van der Waals surface area contributed by atoms with Gasteiger partial charge in [-0.15, -0.1) is 0 Å². The van der Waals surface area contributed by atoms with Crippen LogP contribution in [0.4, 0.5) is 10.1 Å². The van der Waals surface area contributed by atoms with Crippen molar-refractivity contribution in [3.05, 3.63) is 54.2 Å². The zero-order valence-corrected chi connectivity index (χ0v) is 13.1. The van der Waals surface area contributed by atoms with Gasteiger partial charge < -0.3 is 14.2 Å². The molecule has 2 amide bonds. The van der Waals surface area contributed by atoms with Crippen LogP contribution < -0.4 is 4.90 Å². The monoisotopic (exact) mass is 328 g/mol. The summed E-state index contributed by atoms with van der Waals surface area (Å²) >= 11 is 0. The van der Waals surface area contributed by atoms with E-state index in [2.05, 4.69) is 0 Å². The summed E-state index contributed by atoms with van der Waals surface area (Å²) in [6.07, 6.45) is 2.74. The predicted octanol–water partition coefficient (Wildman–Crippen LogP) is 2.69. The average molecular weight is 328 g/mol. The van der Waals surface area contributed by atoms with Crippen LogP contribution >= 0.6 is 0 Å². The van der Waals surface area contributed by atoms with Gasteiger partial charge in [-0.2, -0.15) is 0 Å². The zero-order valence-electron chi connectivity index (χ0n) is 13.1. The van der Waals surface area contributed by atoms with Gasteiger partial charge >= 0.3 is 0 Å². The third-order valence-electron chi connectivity index (χ3n) is 5.02. The van der Waals surface area contributed by atoms with Crippen molar-refractivity contribution < 1.29 is 18.4 Å². The Labute approximate surface area is 138 Å². The highest BCUT2D eigenvalue weighted by atomic mass is 19.1. The van der Waals surface area contributed by atoms with Gasteiger partial charge in [-0.1, -0.05) is 6.07 Å². The molecular weight excluding hydrogens is 311 g/mol. The molecule has 2 aliphatic rings. The number of β-lactam (4-membered cyclic amide) rings is 1. The largest absolute Gasteiger partial charge is 0.459 e. The molecule has 0 bridgehead atoms. The molecule has 2 fully saturated rings. The van der Waals surface area contributed by atoms with Gasteiger partial charge in [0.25, 0.3) is 5.91 Å². The summed E-state index contributed by atoms with van der Waals surface area (Å²) in [6.45, 7) is 1.64. The van der Waals surface area contributed by atoms with E-state index >= 15 is 0 Å². The maximum absolute atomic E-state index is 13.3. The number of rotatable bonds is 2. The first-order valence-electron chi connectivity index (χ1n) is 7.99. The molecule has 0 unspecified atom stereocenters. The summed E-state index contributed by atoms with van der Waals surface area (Å²) in [7, 11) is 0. The zero-order chi connectivity index (χ0) is 16.7. The van der Waals surface area contributed by atoms with Gasteiger partial charge in [-0.3, -0.25) is 9.59 Å². The van der Waals surface area contributed by atoms with Gasteiger partial charge in [0.15, 0.2) is 5.76 Å². The first-order valence-corrected chi connectivity index (χ1v) is 7.99. The summed E-state index contributed by atoms with van der Waals surface area (Å²) < 4.78 is 18.5. The average Bonchev–Trinajstić information content (AvgIpc) is 3.14. The number of furan rings is 1. The van der Waals surface area contributed by atoms with Gasteiger partial charge in [0.1, 0.15) is 5.82 Å². The van der Waals surface area contributed by atoms with Gasteiger partial charge in [0.05, 0.1) is 11.7 Å². The topological polar surface area (TPSA) is 53.8 Å². The third kappa shape index (κ3) is 2.29. The lowest BCUT2D eigenvalue weighted by Crippen LogP contribution is -2.65. The molecule has 0 N–H and O–H groups in total. The molecule has 0 aliphatic carbocycles. The summed E-state index contributed by atoms with van der Waals surface area (Å²) in [4.78, 5) is 28.3. The van der Waals surface area contributed by atoms with Crippen LogP contribution in [0.15, 0.2) is 47.1 Å². The lowest BCUT2D eigenvalue weighted by atomic mass is 9.70. The molecule has 1 spiro atoms. The second-order valence-electron chi connectivity index (χ2n) is 6.42. The fourth-order valence-corrected chi connectivity index (χ4v) is 3.56. The normalized spacial score (nSPS) is 19.5. The molecule has 124 valence electrons. The Hall–Kier alpha value is -2.63. The SMILES string of the molecule is O=C(c1ccco1)N1CCC2(CC1)CN(c1cccc(F)c1)C2=O. The van der Waals surface area contributed by atoms with Gasteiger partial charge in [0, 0.05) is 25.3 Å². The van der Waals surface area contributed by atoms with Crippen LogP contribution in [0.2, 0.25) is 0 Å². The quantitative estimate of drug-likeness (QED) is 0.797. The minimum absolute atomic E-state index is 0.0261. The summed E-state index contributed by atoms with van der Waals surface area (Å²) in [5.41, 5.74) is 0.187. The molecule has 2 aromatic rings. The Kier molecular flexibility index (Phi) is 3.40. The number of halogens is 1. The lowest BCUT2D eigenvalue weighted by Gasteiger charge is -2.52. The number of carbonyl (C=O) groups is 2. The van der Waals surface area contributed by atoms with Crippen LogP contribution in [0.5, 0.6) is 0 Å². The minimum atomic E-state index is -0.410. The Morgan fingerprint density at radius 1 is 1.17 bits per heavy atom. The van der Waals surface area contributed by atoms with E-state index in [0.29, 0.717) is 43.9 Å². The highest BCUT2D eigenvalue weighted by Gasteiger charge is 2.54. The molecule has 0 atom stereocenters. The maximum Gasteiger partial charge on any atom is 0.289 e.